The SMILES string of the molecule is NC(=O)C1CCCN(Cc2ccc(NC(=O)c3cccc(CN4CCCC4=O)c3)cc2)C1. The molecule has 168 valence electrons. The number of piperidine rings is 1. The quantitative estimate of drug-likeness (QED) is 0.700. The Balaban J connectivity index is 1.33. The number of nitrogens with two attached hydrogens (primary N) is 1. The maximum Gasteiger partial charge on any atom is 0.255 e. The number of hydrogen-bond acceptors (Lipinski definition) is 4. The number of likely N-dealkylation sites (tertiary alicyclic amines) is 2. The lowest BCUT2D eigenvalue weighted by Gasteiger charge is -2.31. The van der Waals surface area contributed by atoms with Gasteiger partial charge in [0.1, 0.15) is 0 Å². The van der Waals surface area contributed by atoms with Gasteiger partial charge in [0, 0.05) is 43.9 Å². The molecular formula is C25H30N4O3. The van der Waals surface area contributed by atoms with Gasteiger partial charge in [-0.3, -0.25) is 19.3 Å². The van der Waals surface area contributed by atoms with Crippen LogP contribution in [0.15, 0.2) is 48.5 Å². The van der Waals surface area contributed by atoms with Gasteiger partial charge in [0.15, 0.2) is 0 Å². The number of amides is 3. The zero-order valence-corrected chi connectivity index (χ0v) is 18.3. The Morgan fingerprint density at radius 3 is 2.53 bits per heavy atom. The van der Waals surface area contributed by atoms with Crippen LogP contribution < -0.4 is 11.1 Å². The van der Waals surface area contributed by atoms with Crippen LogP contribution in [0.5, 0.6) is 0 Å². The summed E-state index contributed by atoms with van der Waals surface area (Å²) in [5.74, 6) is -0.284. The number of carbonyl (C=O) groups excluding carboxylic acids is 3. The highest BCUT2D eigenvalue weighted by Crippen LogP contribution is 2.20. The van der Waals surface area contributed by atoms with Gasteiger partial charge in [-0.2, -0.15) is 0 Å². The van der Waals surface area contributed by atoms with Crippen LogP contribution >= 0.6 is 0 Å². The van der Waals surface area contributed by atoms with Crippen molar-refractivity contribution in [1.82, 2.24) is 9.80 Å². The van der Waals surface area contributed by atoms with Crippen LogP contribution in [0.3, 0.4) is 0 Å². The van der Waals surface area contributed by atoms with Gasteiger partial charge in [-0.25, -0.2) is 0 Å². The smallest absolute Gasteiger partial charge is 0.255 e. The van der Waals surface area contributed by atoms with Gasteiger partial charge in [0.2, 0.25) is 11.8 Å². The van der Waals surface area contributed by atoms with E-state index >= 15 is 0 Å². The third kappa shape index (κ3) is 5.53. The van der Waals surface area contributed by atoms with Crippen LogP contribution in [-0.4, -0.2) is 47.2 Å². The van der Waals surface area contributed by atoms with E-state index in [1.54, 1.807) is 6.07 Å². The van der Waals surface area contributed by atoms with E-state index in [4.69, 9.17) is 5.73 Å². The molecule has 32 heavy (non-hydrogen) atoms. The highest BCUT2D eigenvalue weighted by molar-refractivity contribution is 6.04. The number of nitrogens with zero attached hydrogens (tertiary/aromatic N) is 2. The summed E-state index contributed by atoms with van der Waals surface area (Å²) in [4.78, 5) is 40.2. The van der Waals surface area contributed by atoms with E-state index in [0.29, 0.717) is 25.1 Å². The fraction of sp³-hybridized carbons (Fsp3) is 0.400. The average Bonchev–Trinajstić information content (AvgIpc) is 3.19. The van der Waals surface area contributed by atoms with Gasteiger partial charge in [-0.1, -0.05) is 24.3 Å². The summed E-state index contributed by atoms with van der Waals surface area (Å²) in [5, 5.41) is 2.95. The molecule has 2 aliphatic heterocycles. The van der Waals surface area contributed by atoms with Crippen molar-refractivity contribution in [2.75, 3.05) is 25.0 Å². The van der Waals surface area contributed by atoms with E-state index in [0.717, 1.165) is 55.7 Å². The predicted molar refractivity (Wildman–Crippen MR) is 123 cm³/mol. The van der Waals surface area contributed by atoms with Crippen LogP contribution in [0.2, 0.25) is 0 Å². The number of carbonyl (C=O) groups is 3. The maximum absolute atomic E-state index is 12.7. The van der Waals surface area contributed by atoms with Crippen molar-refractivity contribution in [2.24, 2.45) is 11.7 Å². The van der Waals surface area contributed by atoms with Gasteiger partial charge in [0.25, 0.3) is 5.91 Å². The standard InChI is InChI=1S/C25H30N4O3/c26-24(31)21-6-2-12-28(17-21)15-18-8-10-22(11-9-18)27-25(32)20-5-1-4-19(14-20)16-29-13-3-7-23(29)30/h1,4-5,8-11,14,21H,2-3,6-7,12-13,15-17H2,(H2,26,31)(H,27,32). The molecule has 7 nitrogen and oxygen atoms in total. The number of primary amides is 1. The first kappa shape index (κ1) is 22.0. The lowest BCUT2D eigenvalue weighted by Crippen LogP contribution is -2.40. The minimum absolute atomic E-state index is 0.0679. The number of rotatable bonds is 7. The number of nitrogens with one attached hydrogen (secondary N) is 1. The maximum atomic E-state index is 12.7. The second-order valence-electron chi connectivity index (χ2n) is 8.75. The first-order valence-electron chi connectivity index (χ1n) is 11.3. The van der Waals surface area contributed by atoms with Crippen molar-refractivity contribution in [3.63, 3.8) is 0 Å². The highest BCUT2D eigenvalue weighted by Gasteiger charge is 2.24. The van der Waals surface area contributed by atoms with E-state index in [-0.39, 0.29) is 23.6 Å². The van der Waals surface area contributed by atoms with Gasteiger partial charge < -0.3 is 16.0 Å². The van der Waals surface area contributed by atoms with Gasteiger partial charge in [0.05, 0.1) is 5.92 Å². The molecule has 0 bridgehead atoms. The lowest BCUT2D eigenvalue weighted by atomic mass is 9.97. The van der Waals surface area contributed by atoms with Crippen LogP contribution in [0.1, 0.15) is 47.2 Å². The second-order valence-corrected chi connectivity index (χ2v) is 8.75. The van der Waals surface area contributed by atoms with E-state index in [2.05, 4.69) is 10.2 Å². The molecule has 2 fully saturated rings. The fourth-order valence-electron chi connectivity index (χ4n) is 4.49. The molecule has 0 spiro atoms. The molecule has 0 saturated carbocycles. The van der Waals surface area contributed by atoms with Crippen LogP contribution in [-0.2, 0) is 22.7 Å². The van der Waals surface area contributed by atoms with E-state index in [1.165, 1.54) is 0 Å². The van der Waals surface area contributed by atoms with Crippen molar-refractivity contribution in [3.8, 4) is 0 Å². The third-order valence-electron chi connectivity index (χ3n) is 6.26. The molecule has 1 atom stereocenters. The van der Waals surface area contributed by atoms with Crippen molar-refractivity contribution in [2.45, 2.75) is 38.8 Å². The van der Waals surface area contributed by atoms with Crippen molar-refractivity contribution in [1.29, 1.82) is 0 Å². The molecule has 0 aliphatic carbocycles. The zero-order chi connectivity index (χ0) is 22.5. The monoisotopic (exact) mass is 434 g/mol. The lowest BCUT2D eigenvalue weighted by molar-refractivity contribution is -0.128. The Morgan fingerprint density at radius 2 is 1.81 bits per heavy atom. The molecule has 4 rings (SSSR count). The Morgan fingerprint density at radius 1 is 1.00 bits per heavy atom. The molecule has 2 aliphatic rings. The molecule has 2 saturated heterocycles. The minimum Gasteiger partial charge on any atom is -0.369 e. The summed E-state index contributed by atoms with van der Waals surface area (Å²) >= 11 is 0. The van der Waals surface area contributed by atoms with Gasteiger partial charge in [-0.15, -0.1) is 0 Å². The van der Waals surface area contributed by atoms with Crippen molar-refractivity contribution >= 4 is 23.4 Å². The Hall–Kier alpha value is -3.19. The van der Waals surface area contributed by atoms with E-state index < -0.39 is 0 Å². The van der Waals surface area contributed by atoms with Gasteiger partial charge in [-0.05, 0) is 61.2 Å². The molecule has 2 heterocycles. The summed E-state index contributed by atoms with van der Waals surface area (Å²) in [5.41, 5.74) is 8.86. The average molecular weight is 435 g/mol. The highest BCUT2D eigenvalue weighted by atomic mass is 16.2. The van der Waals surface area contributed by atoms with E-state index in [1.807, 2.05) is 47.4 Å². The molecule has 1 unspecified atom stereocenters. The third-order valence-corrected chi connectivity index (χ3v) is 6.26. The first-order chi connectivity index (χ1) is 15.5. The molecule has 7 heteroatoms. The number of benzene rings is 2. The summed E-state index contributed by atoms with van der Waals surface area (Å²) in [7, 11) is 0. The van der Waals surface area contributed by atoms with Crippen molar-refractivity contribution in [3.05, 3.63) is 65.2 Å². The molecule has 2 aromatic carbocycles. The van der Waals surface area contributed by atoms with Crippen LogP contribution in [0.25, 0.3) is 0 Å². The number of anilines is 1. The van der Waals surface area contributed by atoms with Crippen LogP contribution in [0.4, 0.5) is 5.69 Å². The molecule has 3 N–H and O–H groups in total. The molecular weight excluding hydrogens is 404 g/mol. The Bertz CT molecular complexity index is 989. The van der Waals surface area contributed by atoms with Gasteiger partial charge >= 0.3 is 0 Å². The molecule has 3 amide bonds. The molecule has 2 aromatic rings. The first-order valence-corrected chi connectivity index (χ1v) is 11.3. The summed E-state index contributed by atoms with van der Waals surface area (Å²) in [6.07, 6.45) is 3.36. The molecule has 0 aromatic heterocycles. The van der Waals surface area contributed by atoms with Crippen molar-refractivity contribution < 1.29 is 14.4 Å². The largest absolute Gasteiger partial charge is 0.369 e. The predicted octanol–water partition coefficient (Wildman–Crippen LogP) is 2.76. The topological polar surface area (TPSA) is 95.7 Å². The Kier molecular flexibility index (Phi) is 6.85. The zero-order valence-electron chi connectivity index (χ0n) is 18.3. The second kappa shape index (κ2) is 9.96. The minimum atomic E-state index is -0.219. The normalized spacial score (nSPS) is 19.2. The summed E-state index contributed by atoms with van der Waals surface area (Å²) in [6, 6.07) is 15.2. The Labute approximate surface area is 188 Å². The van der Waals surface area contributed by atoms with E-state index in [9.17, 15) is 14.4 Å². The number of hydrogen-bond donors (Lipinski definition) is 2. The summed E-state index contributed by atoms with van der Waals surface area (Å²) in [6.45, 7) is 3.74. The van der Waals surface area contributed by atoms with Crippen LogP contribution in [0, 0.1) is 5.92 Å². The molecule has 0 radical (unpaired) electrons. The fourth-order valence-corrected chi connectivity index (χ4v) is 4.49. The summed E-state index contributed by atoms with van der Waals surface area (Å²) < 4.78 is 0.